The van der Waals surface area contributed by atoms with Crippen LogP contribution in [0.25, 0.3) is 22.3 Å². The fraction of sp³-hybridized carbons (Fsp3) is 0.435. The number of ether oxygens (including phenoxy) is 3. The molecule has 1 amide bonds. The van der Waals surface area contributed by atoms with Crippen LogP contribution < -0.4 is 24.8 Å². The zero-order valence-corrected chi connectivity index (χ0v) is 18.2. The summed E-state index contributed by atoms with van der Waals surface area (Å²) in [5.74, 6) is 2.14. The molecular weight excluding hydrogens is 426 g/mol. The second-order valence-corrected chi connectivity index (χ2v) is 8.80. The zero-order chi connectivity index (χ0) is 22.5. The third kappa shape index (κ3) is 3.55. The predicted molar refractivity (Wildman–Crippen MR) is 119 cm³/mol. The van der Waals surface area contributed by atoms with E-state index in [-0.39, 0.29) is 18.7 Å². The number of aliphatic hydroxyl groups is 1. The van der Waals surface area contributed by atoms with E-state index in [2.05, 4.69) is 25.6 Å². The number of carbonyl (C=O) groups is 1. The van der Waals surface area contributed by atoms with Gasteiger partial charge in [-0.1, -0.05) is 0 Å². The van der Waals surface area contributed by atoms with Crippen molar-refractivity contribution in [3.05, 3.63) is 29.7 Å². The SMILES string of the molecule is Cc1[nH]c2c(-c3c(OCC4CC4)ccc4c3OCO4)ncnc2c1C(=O)N[C@@H]1CNC[C@H]1O. The minimum absolute atomic E-state index is 0.123. The van der Waals surface area contributed by atoms with Crippen molar-refractivity contribution in [1.29, 1.82) is 0 Å². The maximum Gasteiger partial charge on any atom is 0.255 e. The molecule has 2 aliphatic heterocycles. The van der Waals surface area contributed by atoms with E-state index < -0.39 is 6.10 Å². The van der Waals surface area contributed by atoms with Crippen LogP contribution in [0.15, 0.2) is 18.5 Å². The summed E-state index contributed by atoms with van der Waals surface area (Å²) in [6.07, 6.45) is 3.17. The van der Waals surface area contributed by atoms with Crippen LogP contribution in [0.4, 0.5) is 0 Å². The number of aromatic amines is 1. The van der Waals surface area contributed by atoms with Gasteiger partial charge >= 0.3 is 0 Å². The topological polar surface area (TPSA) is 131 Å². The highest BCUT2D eigenvalue weighted by Gasteiger charge is 2.31. The molecule has 6 rings (SSSR count). The Hall–Kier alpha value is -3.37. The molecule has 0 bridgehead atoms. The van der Waals surface area contributed by atoms with Crippen molar-refractivity contribution in [2.45, 2.75) is 31.9 Å². The molecule has 4 heterocycles. The lowest BCUT2D eigenvalue weighted by Crippen LogP contribution is -2.42. The standard InChI is InChI=1S/C23H25N5O5/c1-11-17(23(30)28-13-6-24-7-14(13)29)19-21(27-11)20(26-9-25-19)18-15(31-8-12-2-3-12)4-5-16-22(18)33-10-32-16/h4-5,9,12-14,24,27,29H,2-3,6-8,10H2,1H3,(H,28,30)/t13-,14-/m1/s1. The van der Waals surface area contributed by atoms with Gasteiger partial charge in [0.15, 0.2) is 11.5 Å². The number of H-pyrrole nitrogens is 1. The van der Waals surface area contributed by atoms with Crippen molar-refractivity contribution < 1.29 is 24.1 Å². The first-order valence-corrected chi connectivity index (χ1v) is 11.2. The van der Waals surface area contributed by atoms with Gasteiger partial charge < -0.3 is 34.9 Å². The third-order valence-corrected chi connectivity index (χ3v) is 6.41. The number of nitrogens with one attached hydrogen (secondary N) is 3. The normalized spacial score (nSPS) is 21.5. The van der Waals surface area contributed by atoms with Crippen molar-refractivity contribution in [1.82, 2.24) is 25.6 Å². The number of β-amino-alcohol motifs (C(OH)–C–C–N with tert-alkyl or cyclic N) is 1. The Morgan fingerprint density at radius 1 is 1.27 bits per heavy atom. The van der Waals surface area contributed by atoms with Crippen LogP contribution in [0.2, 0.25) is 0 Å². The van der Waals surface area contributed by atoms with Gasteiger partial charge in [0.2, 0.25) is 6.79 Å². The molecule has 2 fully saturated rings. The lowest BCUT2D eigenvalue weighted by Gasteiger charge is -2.15. The molecule has 2 aromatic heterocycles. The summed E-state index contributed by atoms with van der Waals surface area (Å²) in [5.41, 5.74) is 3.47. The van der Waals surface area contributed by atoms with Crippen LogP contribution >= 0.6 is 0 Å². The van der Waals surface area contributed by atoms with E-state index in [4.69, 9.17) is 14.2 Å². The van der Waals surface area contributed by atoms with E-state index in [0.29, 0.717) is 76.4 Å². The van der Waals surface area contributed by atoms with Crippen molar-refractivity contribution in [2.24, 2.45) is 5.92 Å². The van der Waals surface area contributed by atoms with Gasteiger partial charge in [0.1, 0.15) is 23.3 Å². The number of carbonyl (C=O) groups excluding carboxylic acids is 1. The number of aromatic nitrogens is 3. The molecule has 0 spiro atoms. The molecular formula is C23H25N5O5. The van der Waals surface area contributed by atoms with Crippen LogP contribution in [0.1, 0.15) is 28.9 Å². The number of amides is 1. The molecule has 10 nitrogen and oxygen atoms in total. The molecule has 172 valence electrons. The molecule has 3 aliphatic rings. The predicted octanol–water partition coefficient (Wildman–Crippen LogP) is 1.51. The summed E-state index contributed by atoms with van der Waals surface area (Å²) in [4.78, 5) is 25.4. The number of aryl methyl sites for hydroxylation is 1. The number of hydrogen-bond donors (Lipinski definition) is 4. The number of aliphatic hydroxyl groups excluding tert-OH is 1. The summed E-state index contributed by atoms with van der Waals surface area (Å²) in [7, 11) is 0. The minimum atomic E-state index is -0.625. The van der Waals surface area contributed by atoms with Crippen LogP contribution in [-0.4, -0.2) is 64.6 Å². The Kier molecular flexibility index (Phi) is 4.84. The molecule has 3 aromatic rings. The molecule has 33 heavy (non-hydrogen) atoms. The molecule has 1 saturated heterocycles. The summed E-state index contributed by atoms with van der Waals surface area (Å²) in [5, 5.41) is 16.1. The Morgan fingerprint density at radius 3 is 2.94 bits per heavy atom. The number of hydrogen-bond acceptors (Lipinski definition) is 8. The van der Waals surface area contributed by atoms with Gasteiger partial charge in [-0.25, -0.2) is 9.97 Å². The first kappa shape index (κ1) is 20.3. The highest BCUT2D eigenvalue weighted by molar-refractivity contribution is 6.09. The highest BCUT2D eigenvalue weighted by Crippen LogP contribution is 2.48. The first-order chi connectivity index (χ1) is 16.1. The Labute approximate surface area is 189 Å². The molecule has 1 aromatic carbocycles. The van der Waals surface area contributed by atoms with E-state index in [1.165, 1.54) is 19.2 Å². The summed E-state index contributed by atoms with van der Waals surface area (Å²) >= 11 is 0. The van der Waals surface area contributed by atoms with Gasteiger partial charge in [-0.05, 0) is 37.8 Å². The Morgan fingerprint density at radius 2 is 2.15 bits per heavy atom. The fourth-order valence-corrected chi connectivity index (χ4v) is 4.43. The van der Waals surface area contributed by atoms with Crippen molar-refractivity contribution in [2.75, 3.05) is 26.5 Å². The first-order valence-electron chi connectivity index (χ1n) is 11.2. The van der Waals surface area contributed by atoms with E-state index in [1.807, 2.05) is 19.1 Å². The summed E-state index contributed by atoms with van der Waals surface area (Å²) in [6, 6.07) is 3.36. The number of nitrogens with zero attached hydrogens (tertiary/aromatic N) is 2. The lowest BCUT2D eigenvalue weighted by molar-refractivity contribution is 0.0889. The molecule has 1 saturated carbocycles. The van der Waals surface area contributed by atoms with Gasteiger partial charge in [0.25, 0.3) is 5.91 Å². The van der Waals surface area contributed by atoms with Gasteiger partial charge in [-0.3, -0.25) is 4.79 Å². The number of benzene rings is 1. The highest BCUT2D eigenvalue weighted by atomic mass is 16.7. The van der Waals surface area contributed by atoms with E-state index in [1.54, 1.807) is 0 Å². The monoisotopic (exact) mass is 451 g/mol. The van der Waals surface area contributed by atoms with E-state index in [0.717, 1.165) is 0 Å². The molecule has 2 atom stereocenters. The van der Waals surface area contributed by atoms with Gasteiger partial charge in [-0.15, -0.1) is 0 Å². The molecule has 0 unspecified atom stereocenters. The molecule has 1 aliphatic carbocycles. The number of rotatable bonds is 6. The Bertz CT molecular complexity index is 1240. The average molecular weight is 451 g/mol. The summed E-state index contributed by atoms with van der Waals surface area (Å²) in [6.45, 7) is 3.55. The maximum atomic E-state index is 13.1. The quantitative estimate of drug-likeness (QED) is 0.444. The third-order valence-electron chi connectivity index (χ3n) is 6.41. The minimum Gasteiger partial charge on any atom is -0.492 e. The van der Waals surface area contributed by atoms with Crippen molar-refractivity contribution in [3.8, 4) is 28.5 Å². The lowest BCUT2D eigenvalue weighted by atomic mass is 10.1. The van der Waals surface area contributed by atoms with Crippen LogP contribution in [0, 0.1) is 12.8 Å². The van der Waals surface area contributed by atoms with Crippen LogP contribution in [0.5, 0.6) is 17.2 Å². The molecule has 0 radical (unpaired) electrons. The van der Waals surface area contributed by atoms with Crippen molar-refractivity contribution in [3.63, 3.8) is 0 Å². The summed E-state index contributed by atoms with van der Waals surface area (Å²) < 4.78 is 17.5. The van der Waals surface area contributed by atoms with E-state index in [9.17, 15) is 9.90 Å². The van der Waals surface area contributed by atoms with Crippen LogP contribution in [-0.2, 0) is 0 Å². The number of fused-ring (bicyclic) bond motifs is 2. The van der Waals surface area contributed by atoms with Gasteiger partial charge in [0, 0.05) is 18.8 Å². The molecule has 10 heteroatoms. The fourth-order valence-electron chi connectivity index (χ4n) is 4.43. The van der Waals surface area contributed by atoms with Crippen molar-refractivity contribution >= 4 is 16.9 Å². The molecule has 4 N–H and O–H groups in total. The smallest absolute Gasteiger partial charge is 0.255 e. The van der Waals surface area contributed by atoms with Crippen LogP contribution in [0.3, 0.4) is 0 Å². The van der Waals surface area contributed by atoms with Gasteiger partial charge in [-0.2, -0.15) is 0 Å². The second kappa shape index (κ2) is 7.89. The van der Waals surface area contributed by atoms with Gasteiger partial charge in [0.05, 0.1) is 35.4 Å². The largest absolute Gasteiger partial charge is 0.492 e. The van der Waals surface area contributed by atoms with E-state index >= 15 is 0 Å². The zero-order valence-electron chi connectivity index (χ0n) is 18.2. The Balaban J connectivity index is 1.43. The average Bonchev–Trinajstić information content (AvgIpc) is 3.18. The second-order valence-electron chi connectivity index (χ2n) is 8.80. The maximum absolute atomic E-state index is 13.1.